The second-order valence-corrected chi connectivity index (χ2v) is 5.25. The molecule has 1 aliphatic rings. The van der Waals surface area contributed by atoms with Gasteiger partial charge in [-0.25, -0.2) is 0 Å². The van der Waals surface area contributed by atoms with Crippen LogP contribution in [0.1, 0.15) is 39.0 Å². The smallest absolute Gasteiger partial charge is 0.119 e. The highest BCUT2D eigenvalue weighted by Crippen LogP contribution is 2.27. The van der Waals surface area contributed by atoms with Crippen LogP contribution in [0.15, 0.2) is 30.3 Å². The van der Waals surface area contributed by atoms with Gasteiger partial charge in [0.25, 0.3) is 0 Å². The van der Waals surface area contributed by atoms with E-state index in [4.69, 9.17) is 4.74 Å². The molecule has 2 atom stereocenters. The molecule has 100 valence electrons. The maximum Gasteiger partial charge on any atom is 0.119 e. The van der Waals surface area contributed by atoms with Crippen molar-refractivity contribution >= 4 is 0 Å². The van der Waals surface area contributed by atoms with E-state index in [-0.39, 0.29) is 0 Å². The zero-order valence-electron chi connectivity index (χ0n) is 11.4. The molecule has 18 heavy (non-hydrogen) atoms. The molecular formula is C16H25NO. The first-order valence-electron chi connectivity index (χ1n) is 7.29. The molecular weight excluding hydrogens is 222 g/mol. The Morgan fingerprint density at radius 3 is 2.78 bits per heavy atom. The minimum atomic E-state index is 0.756. The molecule has 0 amide bonds. The zero-order valence-corrected chi connectivity index (χ0v) is 11.4. The summed E-state index contributed by atoms with van der Waals surface area (Å²) in [6, 6.07) is 10.8. The van der Waals surface area contributed by atoms with Crippen molar-refractivity contribution in [1.82, 2.24) is 5.32 Å². The van der Waals surface area contributed by atoms with Gasteiger partial charge in [-0.3, -0.25) is 0 Å². The lowest BCUT2D eigenvalue weighted by molar-refractivity contribution is 0.304. The van der Waals surface area contributed by atoms with Gasteiger partial charge in [-0.2, -0.15) is 0 Å². The van der Waals surface area contributed by atoms with Gasteiger partial charge in [0, 0.05) is 6.04 Å². The van der Waals surface area contributed by atoms with Gasteiger partial charge in [-0.15, -0.1) is 0 Å². The first kappa shape index (κ1) is 13.4. The summed E-state index contributed by atoms with van der Waals surface area (Å²) in [6.07, 6.45) is 6.57. The van der Waals surface area contributed by atoms with Crippen LogP contribution in [-0.2, 0) is 0 Å². The minimum Gasteiger partial charge on any atom is -0.494 e. The summed E-state index contributed by atoms with van der Waals surface area (Å²) in [5.41, 5.74) is 0. The summed E-state index contributed by atoms with van der Waals surface area (Å²) in [5, 5.41) is 3.65. The molecule has 1 aromatic rings. The molecule has 1 aromatic carbocycles. The SMILES string of the molecule is CCC1CCC(NCCCOc2ccccc2)C1. The molecule has 2 nitrogen and oxygen atoms in total. The van der Waals surface area contributed by atoms with Crippen LogP contribution in [0.4, 0.5) is 0 Å². The molecule has 0 bridgehead atoms. The summed E-state index contributed by atoms with van der Waals surface area (Å²) in [7, 11) is 0. The van der Waals surface area contributed by atoms with Crippen LogP contribution in [0.5, 0.6) is 5.75 Å². The van der Waals surface area contributed by atoms with Gasteiger partial charge in [0.05, 0.1) is 6.61 Å². The van der Waals surface area contributed by atoms with Crippen molar-refractivity contribution in [2.24, 2.45) is 5.92 Å². The summed E-state index contributed by atoms with van der Waals surface area (Å²) < 4.78 is 5.67. The second-order valence-electron chi connectivity index (χ2n) is 5.25. The van der Waals surface area contributed by atoms with Crippen molar-refractivity contribution in [3.8, 4) is 5.75 Å². The second kappa shape index (κ2) is 7.42. The number of ether oxygens (including phenoxy) is 1. The molecule has 1 fully saturated rings. The molecule has 0 heterocycles. The monoisotopic (exact) mass is 247 g/mol. The number of para-hydroxylation sites is 1. The lowest BCUT2D eigenvalue weighted by Crippen LogP contribution is -2.28. The van der Waals surface area contributed by atoms with E-state index >= 15 is 0 Å². The van der Waals surface area contributed by atoms with Crippen molar-refractivity contribution in [1.29, 1.82) is 0 Å². The molecule has 0 aliphatic heterocycles. The summed E-state index contributed by atoms with van der Waals surface area (Å²) in [4.78, 5) is 0. The quantitative estimate of drug-likeness (QED) is 0.743. The van der Waals surface area contributed by atoms with Gasteiger partial charge in [-0.05, 0) is 50.3 Å². The predicted octanol–water partition coefficient (Wildman–Crippen LogP) is 3.62. The maximum absolute atomic E-state index is 5.67. The maximum atomic E-state index is 5.67. The van der Waals surface area contributed by atoms with Crippen molar-refractivity contribution < 1.29 is 4.74 Å². The van der Waals surface area contributed by atoms with Gasteiger partial charge in [-0.1, -0.05) is 31.5 Å². The van der Waals surface area contributed by atoms with E-state index in [1.165, 1.54) is 25.7 Å². The van der Waals surface area contributed by atoms with Crippen LogP contribution >= 0.6 is 0 Å². The molecule has 0 radical (unpaired) electrons. The van der Waals surface area contributed by atoms with E-state index < -0.39 is 0 Å². The Bertz CT molecular complexity index is 325. The van der Waals surface area contributed by atoms with Crippen molar-refractivity contribution in [3.05, 3.63) is 30.3 Å². The number of rotatable bonds is 7. The van der Waals surface area contributed by atoms with Crippen molar-refractivity contribution in [2.75, 3.05) is 13.2 Å². The zero-order chi connectivity index (χ0) is 12.6. The number of hydrogen-bond acceptors (Lipinski definition) is 2. The highest BCUT2D eigenvalue weighted by Gasteiger charge is 2.22. The topological polar surface area (TPSA) is 21.3 Å². The van der Waals surface area contributed by atoms with E-state index in [1.807, 2.05) is 30.3 Å². The molecule has 1 aliphatic carbocycles. The standard InChI is InChI=1S/C16H25NO/c1-2-14-9-10-15(13-14)17-11-6-12-18-16-7-4-3-5-8-16/h3-5,7-8,14-15,17H,2,6,9-13H2,1H3. The Kier molecular flexibility index (Phi) is 5.53. The third-order valence-electron chi connectivity index (χ3n) is 3.88. The third kappa shape index (κ3) is 4.34. The first-order valence-corrected chi connectivity index (χ1v) is 7.29. The Morgan fingerprint density at radius 2 is 2.06 bits per heavy atom. The van der Waals surface area contributed by atoms with Gasteiger partial charge in [0.15, 0.2) is 0 Å². The van der Waals surface area contributed by atoms with E-state index in [0.29, 0.717) is 0 Å². The van der Waals surface area contributed by atoms with E-state index in [0.717, 1.165) is 37.3 Å². The van der Waals surface area contributed by atoms with Crippen LogP contribution in [0, 0.1) is 5.92 Å². The fourth-order valence-electron chi connectivity index (χ4n) is 2.72. The summed E-state index contributed by atoms with van der Waals surface area (Å²) in [6.45, 7) is 4.19. The molecule has 0 spiro atoms. The molecule has 0 aromatic heterocycles. The average molecular weight is 247 g/mol. The lowest BCUT2D eigenvalue weighted by Gasteiger charge is -2.13. The normalized spacial score (nSPS) is 23.2. The van der Waals surface area contributed by atoms with Gasteiger partial charge in [0.2, 0.25) is 0 Å². The van der Waals surface area contributed by atoms with Crippen LogP contribution in [0.3, 0.4) is 0 Å². The number of nitrogens with one attached hydrogen (secondary N) is 1. The highest BCUT2D eigenvalue weighted by molar-refractivity contribution is 5.20. The van der Waals surface area contributed by atoms with Gasteiger partial charge >= 0.3 is 0 Å². The van der Waals surface area contributed by atoms with E-state index in [1.54, 1.807) is 0 Å². The first-order chi connectivity index (χ1) is 8.88. The Labute approximate surface area is 111 Å². The van der Waals surface area contributed by atoms with Crippen LogP contribution in [-0.4, -0.2) is 19.2 Å². The molecule has 0 saturated heterocycles. The molecule has 2 rings (SSSR count). The number of hydrogen-bond donors (Lipinski definition) is 1. The number of benzene rings is 1. The molecule has 2 unspecified atom stereocenters. The lowest BCUT2D eigenvalue weighted by atomic mass is 10.1. The molecule has 2 heteroatoms. The van der Waals surface area contributed by atoms with Crippen molar-refractivity contribution in [3.63, 3.8) is 0 Å². The van der Waals surface area contributed by atoms with Crippen molar-refractivity contribution in [2.45, 2.75) is 45.1 Å². The Hall–Kier alpha value is -1.02. The Balaban J connectivity index is 1.52. The largest absolute Gasteiger partial charge is 0.494 e. The molecule has 1 saturated carbocycles. The van der Waals surface area contributed by atoms with E-state index in [2.05, 4.69) is 12.2 Å². The fraction of sp³-hybridized carbons (Fsp3) is 0.625. The summed E-state index contributed by atoms with van der Waals surface area (Å²) >= 11 is 0. The highest BCUT2D eigenvalue weighted by atomic mass is 16.5. The molecule has 1 N–H and O–H groups in total. The van der Waals surface area contributed by atoms with Gasteiger partial charge in [0.1, 0.15) is 5.75 Å². The van der Waals surface area contributed by atoms with Crippen LogP contribution in [0.25, 0.3) is 0 Å². The van der Waals surface area contributed by atoms with E-state index in [9.17, 15) is 0 Å². The van der Waals surface area contributed by atoms with Gasteiger partial charge < -0.3 is 10.1 Å². The fourth-order valence-corrected chi connectivity index (χ4v) is 2.72. The average Bonchev–Trinajstić information content (AvgIpc) is 2.87. The third-order valence-corrected chi connectivity index (χ3v) is 3.88. The Morgan fingerprint density at radius 1 is 1.22 bits per heavy atom. The summed E-state index contributed by atoms with van der Waals surface area (Å²) in [5.74, 6) is 1.94. The minimum absolute atomic E-state index is 0.756. The van der Waals surface area contributed by atoms with Crippen LogP contribution in [0.2, 0.25) is 0 Å². The predicted molar refractivity (Wildman–Crippen MR) is 76.0 cm³/mol. The van der Waals surface area contributed by atoms with Crippen LogP contribution < -0.4 is 10.1 Å².